The lowest BCUT2D eigenvalue weighted by Gasteiger charge is -2.25. The van der Waals surface area contributed by atoms with Crippen molar-refractivity contribution < 1.29 is 22.6 Å². The maximum absolute atomic E-state index is 13.3. The van der Waals surface area contributed by atoms with Crippen LogP contribution in [0.3, 0.4) is 0 Å². The predicted molar refractivity (Wildman–Crippen MR) is 110 cm³/mol. The van der Waals surface area contributed by atoms with Crippen LogP contribution in [0.15, 0.2) is 48.5 Å². The average Bonchev–Trinajstić information content (AvgIpc) is 3.19. The number of halogens is 4. The normalized spacial score (nSPS) is 15.7. The molecule has 1 N–H and O–H groups in total. The summed E-state index contributed by atoms with van der Waals surface area (Å²) < 4.78 is 52.0. The van der Waals surface area contributed by atoms with Gasteiger partial charge in [0.05, 0.1) is 13.7 Å². The Hall–Kier alpha value is -3.20. The van der Waals surface area contributed by atoms with Crippen molar-refractivity contribution in [3.05, 3.63) is 70.5 Å². The second kappa shape index (κ2) is 8.14. The topological polar surface area (TPSA) is 61.2 Å². The third-order valence-electron chi connectivity index (χ3n) is 4.70. The van der Waals surface area contributed by atoms with E-state index in [0.717, 1.165) is 5.56 Å². The number of fused-ring (bicyclic) bond motifs is 1. The molecule has 6 nitrogen and oxygen atoms in total. The molecule has 0 amide bonds. The van der Waals surface area contributed by atoms with Gasteiger partial charge in [0.2, 0.25) is 5.95 Å². The maximum atomic E-state index is 13.3. The Labute approximate surface area is 181 Å². The van der Waals surface area contributed by atoms with Gasteiger partial charge in [0.25, 0.3) is 5.82 Å². The van der Waals surface area contributed by atoms with Crippen LogP contribution < -0.4 is 14.8 Å². The van der Waals surface area contributed by atoms with Gasteiger partial charge in [0.1, 0.15) is 6.04 Å². The first-order valence-corrected chi connectivity index (χ1v) is 9.77. The molecular weight excluding hydrogens is 433 g/mol. The molecule has 2 aromatic carbocycles. The molecule has 0 aliphatic carbocycles. The first-order valence-electron chi connectivity index (χ1n) is 9.39. The Morgan fingerprint density at radius 2 is 1.87 bits per heavy atom. The highest BCUT2D eigenvalue weighted by Crippen LogP contribution is 2.38. The number of aromatic nitrogens is 3. The third kappa shape index (κ3) is 4.18. The molecule has 3 aromatic rings. The Morgan fingerprint density at radius 3 is 2.52 bits per heavy atom. The summed E-state index contributed by atoms with van der Waals surface area (Å²) in [6, 6.07) is 11.5. The highest BCUT2D eigenvalue weighted by Gasteiger charge is 2.39. The number of allylic oxidation sites excluding steroid dienone is 1. The number of methoxy groups -OCH3 is 1. The number of hydrogen-bond acceptors (Lipinski definition) is 5. The number of nitrogens with one attached hydrogen (secondary N) is 1. The van der Waals surface area contributed by atoms with Gasteiger partial charge in [0, 0.05) is 10.7 Å². The molecule has 0 unspecified atom stereocenters. The van der Waals surface area contributed by atoms with Gasteiger partial charge in [-0.05, 0) is 48.4 Å². The van der Waals surface area contributed by atoms with E-state index in [2.05, 4.69) is 15.4 Å². The fraction of sp³-hybridized carbons (Fsp3) is 0.238. The van der Waals surface area contributed by atoms with Crippen LogP contribution in [0.5, 0.6) is 11.5 Å². The van der Waals surface area contributed by atoms with Gasteiger partial charge < -0.3 is 14.8 Å². The monoisotopic (exact) mass is 450 g/mol. The summed E-state index contributed by atoms with van der Waals surface area (Å²) >= 11 is 5.97. The van der Waals surface area contributed by atoms with Crippen LogP contribution >= 0.6 is 11.6 Å². The van der Waals surface area contributed by atoms with E-state index in [1.165, 1.54) is 11.8 Å². The van der Waals surface area contributed by atoms with Crippen molar-refractivity contribution in [2.45, 2.75) is 19.1 Å². The number of benzene rings is 2. The maximum Gasteiger partial charge on any atom is 0.453 e. The summed E-state index contributed by atoms with van der Waals surface area (Å²) in [6.45, 7) is 2.30. The number of ether oxygens (including phenoxy) is 2. The molecule has 0 radical (unpaired) electrons. The minimum absolute atomic E-state index is 0.0161. The van der Waals surface area contributed by atoms with Crippen LogP contribution in [0.2, 0.25) is 5.02 Å². The summed E-state index contributed by atoms with van der Waals surface area (Å²) in [4.78, 5) is 3.67. The number of anilines is 1. The molecule has 1 aliphatic rings. The highest BCUT2D eigenvalue weighted by molar-refractivity contribution is 6.30. The summed E-state index contributed by atoms with van der Waals surface area (Å²) in [5, 5.41) is 7.20. The van der Waals surface area contributed by atoms with Gasteiger partial charge in [-0.15, -0.1) is 5.10 Å². The lowest BCUT2D eigenvalue weighted by atomic mass is 10.0. The first kappa shape index (κ1) is 21.0. The number of rotatable bonds is 5. The molecule has 1 atom stereocenters. The minimum atomic E-state index is -4.67. The van der Waals surface area contributed by atoms with Gasteiger partial charge in [0.15, 0.2) is 11.5 Å². The molecule has 0 saturated carbocycles. The largest absolute Gasteiger partial charge is 0.493 e. The summed E-state index contributed by atoms with van der Waals surface area (Å²) in [5.74, 6) is -0.224. The zero-order chi connectivity index (χ0) is 22.2. The number of nitrogens with zero attached hydrogens (tertiary/aromatic N) is 3. The van der Waals surface area contributed by atoms with Crippen molar-refractivity contribution in [2.75, 3.05) is 19.0 Å². The smallest absolute Gasteiger partial charge is 0.453 e. The molecule has 10 heteroatoms. The van der Waals surface area contributed by atoms with Crippen LogP contribution in [0.1, 0.15) is 29.9 Å². The Kier molecular flexibility index (Phi) is 5.53. The summed E-state index contributed by atoms with van der Waals surface area (Å²) in [7, 11) is 1.50. The highest BCUT2D eigenvalue weighted by atomic mass is 35.5. The molecule has 31 heavy (non-hydrogen) atoms. The van der Waals surface area contributed by atoms with Gasteiger partial charge >= 0.3 is 6.18 Å². The predicted octanol–water partition coefficient (Wildman–Crippen LogP) is 5.41. The van der Waals surface area contributed by atoms with Crippen molar-refractivity contribution in [1.82, 2.24) is 14.8 Å². The quantitative estimate of drug-likeness (QED) is 0.563. The van der Waals surface area contributed by atoms with E-state index in [9.17, 15) is 13.2 Å². The second-order valence-corrected chi connectivity index (χ2v) is 7.14. The third-order valence-corrected chi connectivity index (χ3v) is 4.96. The van der Waals surface area contributed by atoms with E-state index in [-0.39, 0.29) is 5.95 Å². The molecule has 162 valence electrons. The van der Waals surface area contributed by atoms with Crippen LogP contribution in [0.4, 0.5) is 19.1 Å². The molecule has 2 heterocycles. The first-order chi connectivity index (χ1) is 14.8. The molecule has 0 fully saturated rings. The molecule has 0 spiro atoms. The van der Waals surface area contributed by atoms with Crippen molar-refractivity contribution in [1.29, 1.82) is 0 Å². The average molecular weight is 451 g/mol. The minimum Gasteiger partial charge on any atom is -0.493 e. The second-order valence-electron chi connectivity index (χ2n) is 6.70. The summed E-state index contributed by atoms with van der Waals surface area (Å²) in [6.07, 6.45) is -2.90. The zero-order valence-electron chi connectivity index (χ0n) is 16.6. The molecule has 1 aliphatic heterocycles. The fourth-order valence-electron chi connectivity index (χ4n) is 3.29. The van der Waals surface area contributed by atoms with Crippen LogP contribution in [0, 0.1) is 0 Å². The van der Waals surface area contributed by atoms with Crippen molar-refractivity contribution in [3.63, 3.8) is 0 Å². The molecule has 0 bridgehead atoms. The van der Waals surface area contributed by atoms with Crippen molar-refractivity contribution in [3.8, 4) is 11.5 Å². The van der Waals surface area contributed by atoms with E-state index in [0.29, 0.717) is 34.4 Å². The van der Waals surface area contributed by atoms with Gasteiger partial charge in [-0.1, -0.05) is 29.8 Å². The standard InChI is InChI=1S/C21H18ClF3N4O2/c1-3-31-17-9-6-13(10-18(17)30-2)16-11-15(12-4-7-14(22)8-5-12)26-20-27-19(21(23,24)25)28-29(16)20/h4-11,16H,3H2,1-2H3,(H,26,27,28)/t16-/m0/s1. The van der Waals surface area contributed by atoms with Crippen LogP contribution in [-0.2, 0) is 6.18 Å². The molecular formula is C21H18ClF3N4O2. The van der Waals surface area contributed by atoms with E-state index in [1.807, 2.05) is 6.92 Å². The summed E-state index contributed by atoms with van der Waals surface area (Å²) in [5.41, 5.74) is 1.99. The number of alkyl halides is 3. The van der Waals surface area contributed by atoms with E-state index >= 15 is 0 Å². The molecule has 1 aromatic heterocycles. The van der Waals surface area contributed by atoms with Gasteiger partial charge in [-0.2, -0.15) is 18.2 Å². The van der Waals surface area contributed by atoms with E-state index in [4.69, 9.17) is 21.1 Å². The van der Waals surface area contributed by atoms with Crippen LogP contribution in [0.25, 0.3) is 5.70 Å². The van der Waals surface area contributed by atoms with E-state index < -0.39 is 18.0 Å². The van der Waals surface area contributed by atoms with Crippen LogP contribution in [-0.4, -0.2) is 28.5 Å². The number of hydrogen-bond donors (Lipinski definition) is 1. The van der Waals surface area contributed by atoms with Gasteiger partial charge in [-0.3, -0.25) is 0 Å². The lowest BCUT2D eigenvalue weighted by molar-refractivity contribution is -0.145. The molecule has 0 saturated heterocycles. The Morgan fingerprint density at radius 1 is 1.13 bits per heavy atom. The van der Waals surface area contributed by atoms with Crippen molar-refractivity contribution >= 4 is 23.2 Å². The van der Waals surface area contributed by atoms with E-state index in [1.54, 1.807) is 48.5 Å². The van der Waals surface area contributed by atoms with Crippen molar-refractivity contribution in [2.24, 2.45) is 0 Å². The lowest BCUT2D eigenvalue weighted by Crippen LogP contribution is -2.20. The van der Waals surface area contributed by atoms with Gasteiger partial charge in [-0.25, -0.2) is 4.68 Å². The Bertz CT molecular complexity index is 1130. The fourth-order valence-corrected chi connectivity index (χ4v) is 3.42. The molecule has 4 rings (SSSR count). The SMILES string of the molecule is CCOc1ccc([C@@H]2C=C(c3ccc(Cl)cc3)Nc3nc(C(F)(F)F)nn32)cc1OC. The Balaban J connectivity index is 1.83. The zero-order valence-corrected chi connectivity index (χ0v) is 17.3.